The van der Waals surface area contributed by atoms with Crippen LogP contribution in [0.3, 0.4) is 0 Å². The van der Waals surface area contributed by atoms with Crippen LogP contribution in [0, 0.1) is 5.82 Å². The quantitative estimate of drug-likeness (QED) is 0.611. The number of nitrogens with zero attached hydrogens (tertiary/aromatic N) is 1. The summed E-state index contributed by atoms with van der Waals surface area (Å²) in [6.45, 7) is 0. The molecule has 1 aliphatic heterocycles. The Bertz CT molecular complexity index is 1290. The minimum absolute atomic E-state index is 0.0885. The zero-order chi connectivity index (χ0) is 22.2. The maximum Gasteiger partial charge on any atom is 0.366 e. The third kappa shape index (κ3) is 3.76. The van der Waals surface area contributed by atoms with Crippen molar-refractivity contribution in [2.75, 3.05) is 4.72 Å². The van der Waals surface area contributed by atoms with Crippen LogP contribution >= 0.6 is 0 Å². The van der Waals surface area contributed by atoms with Gasteiger partial charge in [-0.2, -0.15) is 0 Å². The van der Waals surface area contributed by atoms with Crippen LogP contribution in [0.25, 0.3) is 0 Å². The monoisotopic (exact) mass is 440 g/mol. The Morgan fingerprint density at radius 1 is 0.839 bits per heavy atom. The predicted molar refractivity (Wildman–Crippen MR) is 106 cm³/mol. The zero-order valence-corrected chi connectivity index (χ0v) is 16.4. The standard InChI is InChI=1S/C21H13FN2O6S/c22-13-9-11-14(12-10-13)31(28,29)23-18-8-4-3-7-17(18)21(27)30-24-19(25)15-5-1-2-6-16(15)20(24)26/h1-12,23H. The highest BCUT2D eigenvalue weighted by molar-refractivity contribution is 7.92. The summed E-state index contributed by atoms with van der Waals surface area (Å²) in [7, 11) is -4.15. The fraction of sp³-hybridized carbons (Fsp3) is 0. The summed E-state index contributed by atoms with van der Waals surface area (Å²) in [5, 5.41) is 0.332. The van der Waals surface area contributed by atoms with Crippen molar-refractivity contribution in [2.45, 2.75) is 4.90 Å². The average molecular weight is 440 g/mol. The van der Waals surface area contributed by atoms with E-state index in [9.17, 15) is 27.2 Å². The molecule has 4 rings (SSSR count). The second kappa shape index (κ2) is 7.65. The van der Waals surface area contributed by atoms with E-state index in [-0.39, 0.29) is 27.3 Å². The number of carbonyl (C=O) groups excluding carboxylic acids is 3. The van der Waals surface area contributed by atoms with Crippen molar-refractivity contribution in [1.29, 1.82) is 0 Å². The first-order chi connectivity index (χ1) is 14.8. The number of hydrogen-bond donors (Lipinski definition) is 1. The normalized spacial score (nSPS) is 13.1. The van der Waals surface area contributed by atoms with E-state index in [1.165, 1.54) is 36.4 Å². The second-order valence-electron chi connectivity index (χ2n) is 6.43. The largest absolute Gasteiger partial charge is 0.366 e. The molecule has 0 saturated carbocycles. The number of hydrogen-bond acceptors (Lipinski definition) is 6. The highest BCUT2D eigenvalue weighted by Gasteiger charge is 2.39. The number of sulfonamides is 1. The van der Waals surface area contributed by atoms with Gasteiger partial charge in [-0.05, 0) is 48.5 Å². The van der Waals surface area contributed by atoms with Gasteiger partial charge in [0.2, 0.25) is 0 Å². The highest BCUT2D eigenvalue weighted by atomic mass is 32.2. The molecule has 0 spiro atoms. The Morgan fingerprint density at radius 2 is 1.39 bits per heavy atom. The fourth-order valence-corrected chi connectivity index (χ4v) is 4.03. The molecule has 3 aromatic rings. The van der Waals surface area contributed by atoms with Gasteiger partial charge in [0.15, 0.2) is 0 Å². The number of halogens is 1. The molecule has 0 radical (unpaired) electrons. The molecule has 0 bridgehead atoms. The van der Waals surface area contributed by atoms with E-state index in [1.807, 2.05) is 0 Å². The van der Waals surface area contributed by atoms with Crippen LogP contribution in [0.15, 0.2) is 77.7 Å². The van der Waals surface area contributed by atoms with Gasteiger partial charge in [-0.25, -0.2) is 17.6 Å². The van der Waals surface area contributed by atoms with Gasteiger partial charge in [0, 0.05) is 0 Å². The molecule has 1 heterocycles. The van der Waals surface area contributed by atoms with Crippen LogP contribution < -0.4 is 4.72 Å². The van der Waals surface area contributed by atoms with E-state index >= 15 is 0 Å². The van der Waals surface area contributed by atoms with Crippen molar-refractivity contribution in [1.82, 2.24) is 5.06 Å². The fourth-order valence-electron chi connectivity index (χ4n) is 2.95. The van der Waals surface area contributed by atoms with Crippen molar-refractivity contribution >= 4 is 33.5 Å². The molecule has 8 nitrogen and oxygen atoms in total. The summed E-state index contributed by atoms with van der Waals surface area (Å²) in [5.74, 6) is -3.34. The molecule has 1 N–H and O–H groups in total. The van der Waals surface area contributed by atoms with Gasteiger partial charge < -0.3 is 4.84 Å². The third-order valence-electron chi connectivity index (χ3n) is 4.45. The molecular weight excluding hydrogens is 427 g/mol. The van der Waals surface area contributed by atoms with Crippen molar-refractivity contribution in [2.24, 2.45) is 0 Å². The number of carbonyl (C=O) groups is 3. The number of amides is 2. The smallest absolute Gasteiger partial charge is 0.324 e. The van der Waals surface area contributed by atoms with E-state index < -0.39 is 33.6 Å². The second-order valence-corrected chi connectivity index (χ2v) is 8.12. The first-order valence-corrected chi connectivity index (χ1v) is 10.3. The van der Waals surface area contributed by atoms with Gasteiger partial charge in [-0.15, -0.1) is 0 Å². The van der Waals surface area contributed by atoms with Gasteiger partial charge in [-0.3, -0.25) is 14.3 Å². The molecular formula is C21H13FN2O6S. The van der Waals surface area contributed by atoms with Crippen molar-refractivity contribution in [3.63, 3.8) is 0 Å². The third-order valence-corrected chi connectivity index (χ3v) is 5.83. The van der Waals surface area contributed by atoms with Gasteiger partial charge in [0.25, 0.3) is 21.8 Å². The van der Waals surface area contributed by atoms with Crippen LogP contribution in [0.2, 0.25) is 0 Å². The van der Waals surface area contributed by atoms with Crippen molar-refractivity contribution < 1.29 is 32.0 Å². The molecule has 0 aromatic heterocycles. The number of benzene rings is 3. The molecule has 10 heteroatoms. The molecule has 0 aliphatic carbocycles. The van der Waals surface area contributed by atoms with Crippen molar-refractivity contribution in [3.05, 3.63) is 95.3 Å². The minimum Gasteiger partial charge on any atom is -0.324 e. The SMILES string of the molecule is O=C(ON1C(=O)c2ccccc2C1=O)c1ccccc1NS(=O)(=O)c1ccc(F)cc1. The summed E-state index contributed by atoms with van der Waals surface area (Å²) in [5.41, 5.74) is -0.200. The average Bonchev–Trinajstić information content (AvgIpc) is 2.99. The summed E-state index contributed by atoms with van der Waals surface area (Å²) in [6, 6.07) is 15.6. The Hall–Kier alpha value is -4.05. The molecule has 0 unspecified atom stereocenters. The molecule has 0 fully saturated rings. The number of anilines is 1. The Labute approximate surface area is 175 Å². The van der Waals surface area contributed by atoms with Crippen LogP contribution in [0.4, 0.5) is 10.1 Å². The number of nitrogens with one attached hydrogen (secondary N) is 1. The molecule has 31 heavy (non-hydrogen) atoms. The lowest BCUT2D eigenvalue weighted by atomic mass is 10.1. The van der Waals surface area contributed by atoms with Gasteiger partial charge in [0.1, 0.15) is 5.82 Å². The first-order valence-electron chi connectivity index (χ1n) is 8.85. The van der Waals surface area contributed by atoms with Gasteiger partial charge >= 0.3 is 5.97 Å². The number of rotatable bonds is 5. The van der Waals surface area contributed by atoms with E-state index in [2.05, 4.69) is 4.72 Å². The highest BCUT2D eigenvalue weighted by Crippen LogP contribution is 2.25. The maximum absolute atomic E-state index is 13.1. The van der Waals surface area contributed by atoms with E-state index in [4.69, 9.17) is 4.84 Å². The minimum atomic E-state index is -4.15. The molecule has 0 atom stereocenters. The lowest BCUT2D eigenvalue weighted by Gasteiger charge is -2.15. The topological polar surface area (TPSA) is 110 Å². The Balaban J connectivity index is 1.59. The maximum atomic E-state index is 13.1. The Morgan fingerprint density at radius 3 is 2.00 bits per heavy atom. The lowest BCUT2D eigenvalue weighted by molar-refractivity contribution is -0.0583. The number of fused-ring (bicyclic) bond motifs is 1. The molecule has 2 amide bonds. The first kappa shape index (κ1) is 20.2. The summed E-state index contributed by atoms with van der Waals surface area (Å²) < 4.78 is 40.5. The van der Waals surface area contributed by atoms with Crippen LogP contribution in [0.1, 0.15) is 31.1 Å². The molecule has 3 aromatic carbocycles. The van der Waals surface area contributed by atoms with E-state index in [0.717, 1.165) is 24.3 Å². The molecule has 156 valence electrons. The number of para-hydroxylation sites is 1. The van der Waals surface area contributed by atoms with Gasteiger partial charge in [0.05, 0.1) is 27.3 Å². The molecule has 0 saturated heterocycles. The van der Waals surface area contributed by atoms with E-state index in [0.29, 0.717) is 5.06 Å². The van der Waals surface area contributed by atoms with Crippen LogP contribution in [-0.4, -0.2) is 31.3 Å². The summed E-state index contributed by atoms with van der Waals surface area (Å²) in [4.78, 5) is 42.2. The predicted octanol–water partition coefficient (Wildman–Crippen LogP) is 2.99. The number of hydroxylamine groups is 2. The number of imide groups is 1. The lowest BCUT2D eigenvalue weighted by Crippen LogP contribution is -2.33. The Kier molecular flexibility index (Phi) is 4.99. The van der Waals surface area contributed by atoms with Gasteiger partial charge in [-0.1, -0.05) is 29.3 Å². The van der Waals surface area contributed by atoms with Crippen LogP contribution in [0.5, 0.6) is 0 Å². The van der Waals surface area contributed by atoms with Crippen molar-refractivity contribution in [3.8, 4) is 0 Å². The molecule has 1 aliphatic rings. The van der Waals surface area contributed by atoms with Crippen LogP contribution in [-0.2, 0) is 14.9 Å². The van der Waals surface area contributed by atoms with E-state index in [1.54, 1.807) is 12.1 Å². The summed E-state index contributed by atoms with van der Waals surface area (Å²) >= 11 is 0. The summed E-state index contributed by atoms with van der Waals surface area (Å²) in [6.07, 6.45) is 0. The zero-order valence-electron chi connectivity index (χ0n) is 15.6.